The van der Waals surface area contributed by atoms with Crippen LogP contribution in [0.4, 0.5) is 13.2 Å². The van der Waals surface area contributed by atoms with Gasteiger partial charge in [0.25, 0.3) is 0 Å². The average Bonchev–Trinajstić information content (AvgIpc) is 3.42. The highest BCUT2D eigenvalue weighted by Gasteiger charge is 2.56. The van der Waals surface area contributed by atoms with E-state index in [0.29, 0.717) is 17.3 Å². The standard InChI is InChI=1S/C22H29F3N4O3S/c1-19(2,3)33(32)28-21(18(30)31,13-20(4,5)22(23,24)25)15-8-6-14(7-9-15)17-12-26-29(27-17)16-10-11-16/h6-9,12,16,28H,10-11,13H2,1-5H3,(H,30,31). The molecule has 1 aliphatic rings. The van der Waals surface area contributed by atoms with E-state index in [1.165, 1.54) is 12.1 Å². The minimum Gasteiger partial charge on any atom is -0.480 e. The van der Waals surface area contributed by atoms with Gasteiger partial charge in [-0.2, -0.15) is 28.2 Å². The molecule has 0 aliphatic heterocycles. The Balaban J connectivity index is 2.04. The van der Waals surface area contributed by atoms with Crippen molar-refractivity contribution in [1.82, 2.24) is 19.7 Å². The molecule has 1 aromatic heterocycles. The van der Waals surface area contributed by atoms with Crippen LogP contribution in [0.5, 0.6) is 0 Å². The predicted octanol–water partition coefficient (Wildman–Crippen LogP) is 4.59. The normalized spacial score (nSPS) is 18.1. The molecule has 182 valence electrons. The number of aromatic nitrogens is 3. The highest BCUT2D eigenvalue weighted by atomic mass is 32.2. The number of nitrogens with one attached hydrogen (secondary N) is 1. The number of alkyl halides is 3. The number of carboxylic acid groups (broad SMARTS) is 1. The van der Waals surface area contributed by atoms with Crippen LogP contribution in [0.1, 0.15) is 65.5 Å². The Morgan fingerprint density at radius 1 is 1.15 bits per heavy atom. The number of carboxylic acids is 1. The van der Waals surface area contributed by atoms with E-state index in [-0.39, 0.29) is 5.56 Å². The molecule has 1 saturated carbocycles. The van der Waals surface area contributed by atoms with Crippen molar-refractivity contribution in [2.45, 2.75) is 76.4 Å². The summed E-state index contributed by atoms with van der Waals surface area (Å²) in [6.07, 6.45) is -1.89. The largest absolute Gasteiger partial charge is 0.480 e. The molecule has 0 bridgehead atoms. The Labute approximate surface area is 193 Å². The fraction of sp³-hybridized carbons (Fsp3) is 0.591. The Morgan fingerprint density at radius 2 is 1.73 bits per heavy atom. The van der Waals surface area contributed by atoms with E-state index < -0.39 is 45.3 Å². The molecule has 7 nitrogen and oxygen atoms in total. The molecule has 3 rings (SSSR count). The number of carbonyl (C=O) groups is 1. The maximum atomic E-state index is 13.8. The third-order valence-corrected chi connectivity index (χ3v) is 7.36. The van der Waals surface area contributed by atoms with Crippen molar-refractivity contribution in [3.05, 3.63) is 36.0 Å². The maximum absolute atomic E-state index is 13.8. The number of hydrogen-bond acceptors (Lipinski definition) is 4. The predicted molar refractivity (Wildman–Crippen MR) is 119 cm³/mol. The lowest BCUT2D eigenvalue weighted by atomic mass is 9.74. The van der Waals surface area contributed by atoms with Gasteiger partial charge in [0.05, 0.1) is 33.4 Å². The van der Waals surface area contributed by atoms with Crippen molar-refractivity contribution < 1.29 is 27.3 Å². The van der Waals surface area contributed by atoms with Gasteiger partial charge in [0.15, 0.2) is 5.54 Å². The summed E-state index contributed by atoms with van der Waals surface area (Å²) >= 11 is 0. The number of nitrogens with zero attached hydrogens (tertiary/aromatic N) is 3. The molecule has 0 radical (unpaired) electrons. The molecule has 11 heteroatoms. The van der Waals surface area contributed by atoms with E-state index in [2.05, 4.69) is 14.9 Å². The van der Waals surface area contributed by atoms with Crippen LogP contribution in [0.2, 0.25) is 0 Å². The molecule has 2 unspecified atom stereocenters. The van der Waals surface area contributed by atoms with Crippen LogP contribution >= 0.6 is 0 Å². The van der Waals surface area contributed by atoms with Gasteiger partial charge < -0.3 is 5.11 Å². The number of hydrogen-bond donors (Lipinski definition) is 2. The zero-order valence-corrected chi connectivity index (χ0v) is 20.0. The smallest absolute Gasteiger partial charge is 0.394 e. The van der Waals surface area contributed by atoms with Crippen molar-refractivity contribution in [3.8, 4) is 11.3 Å². The van der Waals surface area contributed by atoms with Crippen molar-refractivity contribution in [2.24, 2.45) is 5.41 Å². The van der Waals surface area contributed by atoms with Gasteiger partial charge in [-0.15, -0.1) is 0 Å². The van der Waals surface area contributed by atoms with Gasteiger partial charge in [0.1, 0.15) is 5.69 Å². The van der Waals surface area contributed by atoms with Gasteiger partial charge in [-0.05, 0) is 45.6 Å². The Kier molecular flexibility index (Phi) is 6.53. The van der Waals surface area contributed by atoms with Gasteiger partial charge in [-0.3, -0.25) is 0 Å². The average molecular weight is 487 g/mol. The molecule has 33 heavy (non-hydrogen) atoms. The molecule has 1 aliphatic carbocycles. The SMILES string of the molecule is CC(C)(C)S(=O)NC(CC(C)(C)C(F)(F)F)(C(=O)O)c1ccc(-c2cnn(C3CC3)n2)cc1. The first kappa shape index (κ1) is 25.4. The second kappa shape index (κ2) is 8.50. The molecule has 1 aromatic carbocycles. The third kappa shape index (κ3) is 5.29. The van der Waals surface area contributed by atoms with E-state index in [4.69, 9.17) is 0 Å². The van der Waals surface area contributed by atoms with Crippen molar-refractivity contribution >= 4 is 17.0 Å². The zero-order chi connectivity index (χ0) is 24.8. The summed E-state index contributed by atoms with van der Waals surface area (Å²) in [6.45, 7) is 6.73. The third-order valence-electron chi connectivity index (χ3n) is 5.72. The van der Waals surface area contributed by atoms with Crippen LogP contribution < -0.4 is 4.72 Å². The van der Waals surface area contributed by atoms with Gasteiger partial charge in [0.2, 0.25) is 0 Å². The Morgan fingerprint density at radius 3 is 2.18 bits per heavy atom. The minimum atomic E-state index is -4.67. The second-order valence-electron chi connectivity index (χ2n) is 10.1. The van der Waals surface area contributed by atoms with Gasteiger partial charge in [0, 0.05) is 5.56 Å². The molecule has 2 N–H and O–H groups in total. The summed E-state index contributed by atoms with van der Waals surface area (Å²) in [6, 6.07) is 6.36. The number of rotatable bonds is 8. The molecule has 0 saturated heterocycles. The molecule has 0 amide bonds. The summed E-state index contributed by atoms with van der Waals surface area (Å²) in [4.78, 5) is 14.2. The lowest BCUT2D eigenvalue weighted by molar-refractivity contribution is -0.219. The van der Waals surface area contributed by atoms with Gasteiger partial charge in [-0.25, -0.2) is 13.7 Å². The summed E-state index contributed by atoms with van der Waals surface area (Å²) in [5.74, 6) is -1.54. The first-order valence-corrected chi connectivity index (χ1v) is 11.7. The van der Waals surface area contributed by atoms with E-state index in [9.17, 15) is 27.3 Å². The summed E-state index contributed by atoms with van der Waals surface area (Å²) in [7, 11) is -1.95. The Bertz CT molecular complexity index is 1040. The first-order valence-electron chi connectivity index (χ1n) is 10.6. The molecule has 1 heterocycles. The van der Waals surface area contributed by atoms with E-state index in [0.717, 1.165) is 26.7 Å². The molecular weight excluding hydrogens is 457 g/mol. The monoisotopic (exact) mass is 486 g/mol. The van der Waals surface area contributed by atoms with Gasteiger partial charge >= 0.3 is 12.1 Å². The topological polar surface area (TPSA) is 97.1 Å². The highest BCUT2D eigenvalue weighted by Crippen LogP contribution is 2.46. The van der Waals surface area contributed by atoms with Crippen molar-refractivity contribution in [1.29, 1.82) is 0 Å². The van der Waals surface area contributed by atoms with Crippen LogP contribution in [-0.2, 0) is 21.3 Å². The van der Waals surface area contributed by atoms with Gasteiger partial charge in [-0.1, -0.05) is 38.1 Å². The van der Waals surface area contributed by atoms with Crippen molar-refractivity contribution in [2.75, 3.05) is 0 Å². The first-order chi connectivity index (χ1) is 15.1. The summed E-state index contributed by atoms with van der Waals surface area (Å²) in [5.41, 5.74) is -3.30. The number of halogens is 3. The zero-order valence-electron chi connectivity index (χ0n) is 19.2. The van der Waals surface area contributed by atoms with E-state index >= 15 is 0 Å². The van der Waals surface area contributed by atoms with E-state index in [1.54, 1.807) is 43.9 Å². The molecule has 0 spiro atoms. The molecular formula is C22H29F3N4O3S. The Hall–Kier alpha value is -2.27. The quantitative estimate of drug-likeness (QED) is 0.569. The fourth-order valence-electron chi connectivity index (χ4n) is 3.33. The lowest BCUT2D eigenvalue weighted by Gasteiger charge is -2.39. The minimum absolute atomic E-state index is 0.0725. The van der Waals surface area contributed by atoms with Crippen LogP contribution in [0.15, 0.2) is 30.5 Å². The molecule has 2 atom stereocenters. The molecule has 1 fully saturated rings. The van der Waals surface area contributed by atoms with Crippen LogP contribution in [0.25, 0.3) is 11.3 Å². The van der Waals surface area contributed by atoms with Crippen LogP contribution in [-0.4, -0.2) is 41.2 Å². The number of benzene rings is 1. The van der Waals surface area contributed by atoms with Crippen LogP contribution in [0.3, 0.4) is 0 Å². The lowest BCUT2D eigenvalue weighted by Crippen LogP contribution is -2.56. The van der Waals surface area contributed by atoms with E-state index in [1.807, 2.05) is 0 Å². The summed E-state index contributed by atoms with van der Waals surface area (Å²) < 4.78 is 55.8. The maximum Gasteiger partial charge on any atom is 0.394 e. The number of aliphatic carboxylic acids is 1. The molecule has 2 aromatic rings. The summed E-state index contributed by atoms with van der Waals surface area (Å²) in [5, 5.41) is 18.8. The second-order valence-corrected chi connectivity index (χ2v) is 12.1. The fourth-order valence-corrected chi connectivity index (χ4v) is 4.23. The van der Waals surface area contributed by atoms with Crippen molar-refractivity contribution in [3.63, 3.8) is 0 Å². The highest BCUT2D eigenvalue weighted by molar-refractivity contribution is 7.84. The van der Waals surface area contributed by atoms with Crippen LogP contribution in [0, 0.1) is 5.41 Å².